The molecule has 15 nitrogen and oxygen atoms in total. The maximum Gasteiger partial charge on any atom is 0.307 e. The van der Waals surface area contributed by atoms with Crippen LogP contribution in [0.15, 0.2) is 72.8 Å². The average Bonchev–Trinajstić information content (AvgIpc) is 3.35. The fourth-order valence-corrected chi connectivity index (χ4v) is 5.52. The molecule has 0 aliphatic carbocycles. The van der Waals surface area contributed by atoms with Crippen molar-refractivity contribution < 1.29 is 64.2 Å². The van der Waals surface area contributed by atoms with Crippen LogP contribution in [0.1, 0.15) is 83.5 Å². The van der Waals surface area contributed by atoms with Gasteiger partial charge in [0.15, 0.2) is 0 Å². The van der Waals surface area contributed by atoms with Crippen molar-refractivity contribution in [3.05, 3.63) is 89.5 Å². The molecule has 392 valence electrons. The van der Waals surface area contributed by atoms with E-state index in [0.717, 1.165) is 22.6 Å². The molecule has 0 aliphatic rings. The molecule has 15 heteroatoms. The zero-order valence-corrected chi connectivity index (χ0v) is 40.1. The quantitative estimate of drug-likeness (QED) is 0.0222. The number of hydrogen-bond donors (Lipinski definition) is 3. The van der Waals surface area contributed by atoms with Crippen LogP contribution >= 0.6 is 0 Å². The largest absolute Gasteiger partial charge is 0.493 e. The van der Waals surface area contributed by atoms with Crippen molar-refractivity contribution in [1.29, 1.82) is 0 Å². The first-order valence-electron chi connectivity index (χ1n) is 22.7. The molecule has 3 N–H and O–H groups in total. The number of anilines is 3. The number of ether oxygens (including phenoxy) is 6. The van der Waals surface area contributed by atoms with Gasteiger partial charge in [-0.2, -0.15) is 15.0 Å². The van der Waals surface area contributed by atoms with Gasteiger partial charge in [-0.25, -0.2) is 0 Å². The Balaban J connectivity index is -0.000000365. The van der Waals surface area contributed by atoms with E-state index < -0.39 is 17.9 Å². The van der Waals surface area contributed by atoms with Gasteiger partial charge in [0.05, 0.1) is 58.9 Å². The maximum absolute atomic E-state index is 12.6. The molecule has 0 aliphatic heterocycles. The van der Waals surface area contributed by atoms with E-state index in [1.807, 2.05) is 74.5 Å². The van der Waals surface area contributed by atoms with Crippen LogP contribution in [0.4, 0.5) is 17.8 Å². The molecule has 4 rings (SSSR count). The molecule has 1 heterocycles. The Morgan fingerprint density at radius 1 is 0.465 bits per heavy atom. The van der Waals surface area contributed by atoms with Crippen LogP contribution in [0.2, 0.25) is 0 Å². The first kappa shape index (κ1) is 54.4. The Morgan fingerprint density at radius 2 is 0.817 bits per heavy atom. The summed E-state index contributed by atoms with van der Waals surface area (Å²) < 4.78 is 33.3. The van der Waals surface area contributed by atoms with Gasteiger partial charge in [-0.05, 0) is 145 Å². The highest BCUT2D eigenvalue weighted by Crippen LogP contribution is 2.15. The lowest BCUT2D eigenvalue weighted by Gasteiger charge is -2.12. The van der Waals surface area contributed by atoms with E-state index in [4.69, 9.17) is 28.4 Å². The van der Waals surface area contributed by atoms with Gasteiger partial charge in [0.2, 0.25) is 17.8 Å². The number of carbonyl (C=O) groups excluding carboxylic acids is 3. The van der Waals surface area contributed by atoms with Gasteiger partial charge in [0.25, 0.3) is 0 Å². The number of hydrogen-bond acceptors (Lipinski definition) is 15. The van der Waals surface area contributed by atoms with Gasteiger partial charge in [-0.3, -0.25) is 14.4 Å². The number of aryl methyl sites for hydroxylation is 2. The third-order valence-electron chi connectivity index (χ3n) is 8.77. The molecule has 0 fully saturated rings. The SMILES string of the molecule is CC#CC#CC#CC#CC#CC#CC#Cc1cccc(OCCCOC(=O)CCNc2nc(NCCC(=O)OCCCOc3cccc(C)c3)nc(NCCC(=O)OCCCOc3cccc(C)c3)n2)c1.[HH].[HH].[HH].[HH].[HH].[HH].[HH].[HH].[HH].[HH].[HH].[HH].[HH].[HH].[HH]. The molecule has 0 atom stereocenters. The number of nitrogens with one attached hydrogen (secondary N) is 3. The van der Waals surface area contributed by atoms with Crippen molar-refractivity contribution in [3.63, 3.8) is 0 Å². The summed E-state index contributed by atoms with van der Waals surface area (Å²) in [6.07, 6.45) is 1.64. The van der Waals surface area contributed by atoms with Crippen molar-refractivity contribution in [2.75, 3.05) is 75.2 Å². The molecule has 0 saturated heterocycles. The normalized spacial score (nSPS) is 9.28. The van der Waals surface area contributed by atoms with E-state index in [-0.39, 0.29) is 98.0 Å². The molecule has 1 aromatic heterocycles. The van der Waals surface area contributed by atoms with E-state index in [0.29, 0.717) is 50.4 Å². The van der Waals surface area contributed by atoms with Crippen LogP contribution in [-0.4, -0.2) is 92.1 Å². The van der Waals surface area contributed by atoms with Crippen molar-refractivity contribution in [3.8, 4) is 100 Å². The zero-order chi connectivity index (χ0) is 50.4. The molecule has 0 saturated carbocycles. The van der Waals surface area contributed by atoms with Crippen LogP contribution in [0, 0.1) is 96.7 Å². The van der Waals surface area contributed by atoms with E-state index >= 15 is 0 Å². The standard InChI is InChI=1S/C56H54N6O9.15H2/c1-4-5-6-7-8-9-10-11-12-13-14-15-16-25-47-26-19-29-50(44-47)68-38-22-41-71-53(65)32-35-59-56-61-54(57-33-30-51(63)69-39-20-36-66-48-27-17-23-45(2)42-48)60-55(62-56)58-34-31-52(64)70-40-21-37-67-49-28-18-24-46(3)43-49;;;;;;;;;;;;;;;/h17-19,23-24,26-29,42-44H,20-22,30-41H2,1-3H3,(H3,57,58,59,60,61,62);15*1H. The summed E-state index contributed by atoms with van der Waals surface area (Å²) in [5, 5.41) is 9.05. The summed E-state index contributed by atoms with van der Waals surface area (Å²) in [4.78, 5) is 50.6. The van der Waals surface area contributed by atoms with Crippen LogP contribution in [0.25, 0.3) is 0 Å². The molecule has 0 unspecified atom stereocenters. The predicted molar refractivity (Wildman–Crippen MR) is 302 cm³/mol. The first-order chi connectivity index (χ1) is 34.7. The maximum atomic E-state index is 12.6. The van der Waals surface area contributed by atoms with Gasteiger partial charge in [-0.15, -0.1) is 0 Å². The molecule has 0 radical (unpaired) electrons. The molecule has 71 heavy (non-hydrogen) atoms. The highest BCUT2D eigenvalue weighted by Gasteiger charge is 2.11. The minimum absolute atomic E-state index is 0. The smallest absolute Gasteiger partial charge is 0.307 e. The Hall–Kier alpha value is -9.20. The average molecular weight is 985 g/mol. The number of benzene rings is 3. The summed E-state index contributed by atoms with van der Waals surface area (Å²) >= 11 is 0. The molecule has 0 bridgehead atoms. The summed E-state index contributed by atoms with van der Waals surface area (Å²) in [6.45, 7) is 7.85. The molecule has 0 spiro atoms. The predicted octanol–water partition coefficient (Wildman–Crippen LogP) is 10.0. The second-order valence-electron chi connectivity index (χ2n) is 14.6. The Bertz CT molecular complexity index is 2820. The molecule has 4 aromatic rings. The number of esters is 3. The zero-order valence-electron chi connectivity index (χ0n) is 40.1. The molecule has 0 amide bonds. The van der Waals surface area contributed by atoms with Crippen molar-refractivity contribution >= 4 is 35.8 Å². The van der Waals surface area contributed by atoms with Gasteiger partial charge in [0, 0.05) is 65.9 Å². The topological polar surface area (TPSA) is 181 Å². The van der Waals surface area contributed by atoms with Gasteiger partial charge >= 0.3 is 17.9 Å². The second-order valence-corrected chi connectivity index (χ2v) is 14.6. The summed E-state index contributed by atoms with van der Waals surface area (Å²) in [6, 6.07) is 22.7. The van der Waals surface area contributed by atoms with Crippen molar-refractivity contribution in [2.45, 2.75) is 59.3 Å². The lowest BCUT2D eigenvalue weighted by molar-refractivity contribution is -0.144. The van der Waals surface area contributed by atoms with Gasteiger partial charge in [-0.1, -0.05) is 42.2 Å². The molecule has 3 aromatic carbocycles. The highest BCUT2D eigenvalue weighted by atomic mass is 16.5. The van der Waals surface area contributed by atoms with Crippen LogP contribution in [0.5, 0.6) is 17.2 Å². The van der Waals surface area contributed by atoms with Crippen molar-refractivity contribution in [2.24, 2.45) is 0 Å². The van der Waals surface area contributed by atoms with E-state index in [2.05, 4.69) is 114 Å². The number of rotatable bonds is 27. The second kappa shape index (κ2) is 34.1. The third-order valence-corrected chi connectivity index (χ3v) is 8.77. The fraction of sp³-hybridized carbons (Fsp3) is 0.321. The lowest BCUT2D eigenvalue weighted by atomic mass is 10.2. The number of nitrogens with zero attached hydrogens (tertiary/aromatic N) is 3. The number of aromatic nitrogens is 3. The van der Waals surface area contributed by atoms with Gasteiger partial charge in [0.1, 0.15) is 17.2 Å². The fourth-order valence-electron chi connectivity index (χ4n) is 5.52. The van der Waals surface area contributed by atoms with E-state index in [1.54, 1.807) is 19.1 Å². The Labute approximate surface area is 438 Å². The highest BCUT2D eigenvalue weighted by molar-refractivity contribution is 5.71. The first-order valence-corrected chi connectivity index (χ1v) is 22.7. The number of carbonyl (C=O) groups is 3. The summed E-state index contributed by atoms with van der Waals surface area (Å²) in [7, 11) is 0. The van der Waals surface area contributed by atoms with Crippen LogP contribution in [-0.2, 0) is 28.6 Å². The van der Waals surface area contributed by atoms with Gasteiger partial charge < -0.3 is 44.4 Å². The summed E-state index contributed by atoms with van der Waals surface area (Å²) in [5.74, 6) is 38.0. The monoisotopic (exact) mass is 985 g/mol. The molecular formula is C56H84N6O9. The summed E-state index contributed by atoms with van der Waals surface area (Å²) in [5.41, 5.74) is 2.90. The van der Waals surface area contributed by atoms with E-state index in [9.17, 15) is 14.4 Å². The minimum Gasteiger partial charge on any atom is -0.493 e. The Morgan fingerprint density at radius 3 is 1.20 bits per heavy atom. The Kier molecular flexibility index (Phi) is 26.2. The van der Waals surface area contributed by atoms with Crippen LogP contribution < -0.4 is 30.2 Å². The third kappa shape index (κ3) is 26.1. The van der Waals surface area contributed by atoms with Crippen molar-refractivity contribution in [1.82, 2.24) is 15.0 Å². The molecular weight excluding hydrogens is 901 g/mol. The minimum atomic E-state index is -0.434. The lowest BCUT2D eigenvalue weighted by Crippen LogP contribution is -2.18. The van der Waals surface area contributed by atoms with E-state index in [1.165, 1.54) is 0 Å². The van der Waals surface area contributed by atoms with Crippen LogP contribution in [0.3, 0.4) is 0 Å².